The second kappa shape index (κ2) is 19.5. The highest BCUT2D eigenvalue weighted by atomic mass is 32.3. The molecule has 2 aliphatic rings. The van der Waals surface area contributed by atoms with Crippen LogP contribution in [-0.2, 0) is 19.1 Å². The number of aliphatic hydroxyl groups is 2. The topological polar surface area (TPSA) is 93.1 Å². The fourth-order valence-corrected chi connectivity index (χ4v) is 10.4. The van der Waals surface area contributed by atoms with E-state index in [0.29, 0.717) is 18.8 Å². The molecule has 2 aliphatic carbocycles. The van der Waals surface area contributed by atoms with Gasteiger partial charge in [-0.3, -0.25) is 0 Å². The van der Waals surface area contributed by atoms with Gasteiger partial charge in [-0.25, -0.2) is 19.6 Å². The summed E-state index contributed by atoms with van der Waals surface area (Å²) < 4.78 is 10.6. The molecule has 2 N–H and O–H groups in total. The lowest BCUT2D eigenvalue weighted by atomic mass is 9.68. The second-order valence-corrected chi connectivity index (χ2v) is 17.5. The SMILES string of the molecule is C=C(CO)C(=O)OCCCS(C)(CCCOC(=O)C(=C)CO)c1ccc(C2CCC(C3CCC(CCCCC)CC3)CC2)cc1. The maximum absolute atomic E-state index is 11.9. The summed E-state index contributed by atoms with van der Waals surface area (Å²) in [6, 6.07) is 9.28. The van der Waals surface area contributed by atoms with Crippen LogP contribution in [0.15, 0.2) is 53.5 Å². The molecule has 0 aliphatic heterocycles. The summed E-state index contributed by atoms with van der Waals surface area (Å²) in [5, 5.41) is 18.3. The number of esters is 2. The van der Waals surface area contributed by atoms with Gasteiger partial charge in [0.2, 0.25) is 0 Å². The predicted octanol–water partition coefficient (Wildman–Crippen LogP) is 8.10. The Labute approximate surface area is 274 Å². The fraction of sp³-hybridized carbons (Fsp3) is 0.684. The average molecular weight is 645 g/mol. The number of unbranched alkanes of at least 4 members (excludes halogenated alkanes) is 2. The largest absolute Gasteiger partial charge is 0.462 e. The van der Waals surface area contributed by atoms with Crippen LogP contribution in [0.4, 0.5) is 0 Å². The molecule has 2 fully saturated rings. The minimum Gasteiger partial charge on any atom is -0.462 e. The minimum atomic E-state index is -1.27. The smallest absolute Gasteiger partial charge is 0.335 e. The van der Waals surface area contributed by atoms with Crippen molar-refractivity contribution in [1.82, 2.24) is 0 Å². The molecule has 2 saturated carbocycles. The van der Waals surface area contributed by atoms with Crippen LogP contribution in [0.2, 0.25) is 0 Å². The first-order valence-corrected chi connectivity index (χ1v) is 19.8. The molecule has 7 heteroatoms. The van der Waals surface area contributed by atoms with Crippen molar-refractivity contribution in [3.63, 3.8) is 0 Å². The van der Waals surface area contributed by atoms with Crippen LogP contribution in [0.1, 0.15) is 108 Å². The average Bonchev–Trinajstić information content (AvgIpc) is 3.08. The van der Waals surface area contributed by atoms with E-state index in [1.165, 1.54) is 87.5 Å². The molecule has 0 saturated heterocycles. The van der Waals surface area contributed by atoms with Crippen LogP contribution in [0.25, 0.3) is 0 Å². The number of hydrogen-bond acceptors (Lipinski definition) is 6. The van der Waals surface area contributed by atoms with E-state index in [0.717, 1.165) is 29.3 Å². The van der Waals surface area contributed by atoms with E-state index in [9.17, 15) is 9.59 Å². The van der Waals surface area contributed by atoms with E-state index in [1.54, 1.807) is 0 Å². The van der Waals surface area contributed by atoms with Gasteiger partial charge in [0, 0.05) is 0 Å². The summed E-state index contributed by atoms with van der Waals surface area (Å²) in [5.41, 5.74) is 1.57. The molecule has 254 valence electrons. The molecule has 0 bridgehead atoms. The van der Waals surface area contributed by atoms with Gasteiger partial charge in [0.25, 0.3) is 0 Å². The van der Waals surface area contributed by atoms with E-state index in [2.05, 4.69) is 50.6 Å². The highest BCUT2D eigenvalue weighted by Crippen LogP contribution is 2.54. The summed E-state index contributed by atoms with van der Waals surface area (Å²) in [7, 11) is -1.27. The predicted molar refractivity (Wildman–Crippen MR) is 186 cm³/mol. The number of hydrogen-bond donors (Lipinski definition) is 2. The van der Waals surface area contributed by atoms with E-state index in [4.69, 9.17) is 19.7 Å². The summed E-state index contributed by atoms with van der Waals surface area (Å²) >= 11 is 0. The zero-order valence-electron chi connectivity index (χ0n) is 28.1. The second-order valence-electron chi connectivity index (χ2n) is 13.6. The Balaban J connectivity index is 1.54. The van der Waals surface area contributed by atoms with Crippen molar-refractivity contribution in [3.05, 3.63) is 54.1 Å². The molecular weight excluding hydrogens is 584 g/mol. The molecule has 1 aromatic rings. The molecule has 0 amide bonds. The van der Waals surface area contributed by atoms with Crippen LogP contribution < -0.4 is 0 Å². The number of ether oxygens (including phenoxy) is 2. The number of carbonyl (C=O) groups excluding carboxylic acids is 2. The Kier molecular flexibility index (Phi) is 16.2. The van der Waals surface area contributed by atoms with Crippen molar-refractivity contribution in [2.24, 2.45) is 17.8 Å². The Morgan fingerprint density at radius 3 is 1.71 bits per heavy atom. The summed E-state index contributed by atoms with van der Waals surface area (Å²) in [5.74, 6) is 4.11. The van der Waals surface area contributed by atoms with Crippen molar-refractivity contribution in [3.8, 4) is 0 Å². The molecule has 0 unspecified atom stereocenters. The van der Waals surface area contributed by atoms with E-state index >= 15 is 0 Å². The van der Waals surface area contributed by atoms with Crippen LogP contribution in [0.3, 0.4) is 0 Å². The number of benzene rings is 1. The molecule has 0 aromatic heterocycles. The van der Waals surface area contributed by atoms with Gasteiger partial charge >= 0.3 is 11.9 Å². The van der Waals surface area contributed by atoms with Gasteiger partial charge in [0.15, 0.2) is 0 Å². The van der Waals surface area contributed by atoms with Crippen LogP contribution in [-0.4, -0.2) is 66.3 Å². The molecule has 45 heavy (non-hydrogen) atoms. The monoisotopic (exact) mass is 644 g/mol. The summed E-state index contributed by atoms with van der Waals surface area (Å²) in [4.78, 5) is 25.2. The maximum atomic E-state index is 11.9. The Hall–Kier alpha value is -2.09. The Morgan fingerprint density at radius 1 is 0.756 bits per heavy atom. The molecule has 3 rings (SSSR count). The molecular formula is C38H60O6S. The highest BCUT2D eigenvalue weighted by molar-refractivity contribution is 8.33. The molecule has 0 atom stereocenters. The normalized spacial score (nSPS) is 22.4. The van der Waals surface area contributed by atoms with Crippen molar-refractivity contribution in [2.75, 3.05) is 44.2 Å². The lowest BCUT2D eigenvalue weighted by Gasteiger charge is -2.39. The van der Waals surface area contributed by atoms with Crippen LogP contribution >= 0.6 is 10.0 Å². The third-order valence-electron chi connectivity index (χ3n) is 10.4. The first kappa shape index (κ1) is 37.4. The van der Waals surface area contributed by atoms with E-state index in [1.807, 2.05) is 0 Å². The zero-order chi connectivity index (χ0) is 32.7. The lowest BCUT2D eigenvalue weighted by molar-refractivity contribution is -0.140. The van der Waals surface area contributed by atoms with Gasteiger partial charge < -0.3 is 19.7 Å². The number of carbonyl (C=O) groups is 2. The van der Waals surface area contributed by atoms with Gasteiger partial charge in [-0.15, -0.1) is 0 Å². The molecule has 0 spiro atoms. The Bertz CT molecular complexity index is 1030. The minimum absolute atomic E-state index is 0.0613. The number of rotatable bonds is 19. The van der Waals surface area contributed by atoms with Gasteiger partial charge in [-0.2, -0.15) is 0 Å². The van der Waals surface area contributed by atoms with Gasteiger partial charge in [-0.1, -0.05) is 70.7 Å². The fourth-order valence-electron chi connectivity index (χ4n) is 7.38. The maximum Gasteiger partial charge on any atom is 0.335 e. The van der Waals surface area contributed by atoms with E-state index in [-0.39, 0.29) is 24.4 Å². The van der Waals surface area contributed by atoms with Crippen LogP contribution in [0.5, 0.6) is 0 Å². The molecule has 1 aromatic carbocycles. The van der Waals surface area contributed by atoms with Gasteiger partial charge in [0.1, 0.15) is 0 Å². The van der Waals surface area contributed by atoms with Crippen molar-refractivity contribution in [1.29, 1.82) is 0 Å². The quantitative estimate of drug-likeness (QED) is 0.0898. The summed E-state index contributed by atoms with van der Waals surface area (Å²) in [6.45, 7) is 9.10. The standard InChI is InChI=1S/C38H60O6S/c1-5-6-7-10-31-11-13-32(14-12-31)33-15-17-34(18-16-33)35-19-21-36(22-20-35)45(4,25-8-23-43-37(41)29(2)27-39)26-9-24-44-38(42)30(3)28-40/h19-22,31-34,39-40H,2-3,5-18,23-28H2,1,4H3. The van der Waals surface area contributed by atoms with Crippen molar-refractivity contribution < 1.29 is 29.3 Å². The van der Waals surface area contributed by atoms with Gasteiger partial charge in [0.05, 0.1) is 37.6 Å². The highest BCUT2D eigenvalue weighted by Gasteiger charge is 2.31. The van der Waals surface area contributed by atoms with Crippen molar-refractivity contribution >= 4 is 22.0 Å². The zero-order valence-corrected chi connectivity index (χ0v) is 28.9. The van der Waals surface area contributed by atoms with E-state index < -0.39 is 35.2 Å². The van der Waals surface area contributed by atoms with Gasteiger partial charge in [-0.05, 0) is 115 Å². The third-order valence-corrected chi connectivity index (χ3v) is 14.2. The molecule has 6 nitrogen and oxygen atoms in total. The first-order chi connectivity index (χ1) is 21.7. The van der Waals surface area contributed by atoms with Crippen molar-refractivity contribution in [2.45, 2.75) is 108 Å². The molecule has 0 heterocycles. The molecule has 0 radical (unpaired) electrons. The lowest BCUT2D eigenvalue weighted by Crippen LogP contribution is -2.25. The first-order valence-electron chi connectivity index (χ1n) is 17.5. The van der Waals surface area contributed by atoms with Crippen LogP contribution in [0, 0.1) is 17.8 Å². The summed E-state index contributed by atoms with van der Waals surface area (Å²) in [6.07, 6.45) is 20.4. The Morgan fingerprint density at radius 2 is 1.24 bits per heavy atom. The number of aliphatic hydroxyl groups excluding tert-OH is 2. The third kappa shape index (κ3) is 11.9.